The summed E-state index contributed by atoms with van der Waals surface area (Å²) in [7, 11) is 0. The van der Waals surface area contributed by atoms with Crippen LogP contribution >= 0.6 is 0 Å². The van der Waals surface area contributed by atoms with Crippen molar-refractivity contribution in [3.05, 3.63) is 59.3 Å². The average Bonchev–Trinajstić information content (AvgIpc) is 3.11. The van der Waals surface area contributed by atoms with Gasteiger partial charge in [-0.1, -0.05) is 29.8 Å². The smallest absolute Gasteiger partial charge is 0.248 e. The molecule has 0 aliphatic carbocycles. The molecule has 1 amide bonds. The van der Waals surface area contributed by atoms with E-state index >= 15 is 0 Å². The lowest BCUT2D eigenvalue weighted by Gasteiger charge is -2.17. The largest absolute Gasteiger partial charge is 0.357 e. The first-order valence-electron chi connectivity index (χ1n) is 8.40. The van der Waals surface area contributed by atoms with Crippen LogP contribution in [0.25, 0.3) is 6.08 Å². The maximum atomic E-state index is 12.1. The highest BCUT2D eigenvalue weighted by Gasteiger charge is 2.14. The van der Waals surface area contributed by atoms with Gasteiger partial charge in [-0.15, -0.1) is 0 Å². The molecule has 0 saturated carbocycles. The van der Waals surface area contributed by atoms with Crippen LogP contribution in [0.4, 0.5) is 11.5 Å². The van der Waals surface area contributed by atoms with Crippen LogP contribution in [0.3, 0.4) is 0 Å². The molecule has 1 aromatic carbocycles. The number of amides is 1. The number of carbonyl (C=O) groups excluding carboxylic acids is 1. The number of aromatic nitrogens is 1. The van der Waals surface area contributed by atoms with Crippen molar-refractivity contribution < 1.29 is 4.79 Å². The quantitative estimate of drug-likeness (QED) is 0.867. The Hall–Kier alpha value is -2.62. The number of anilines is 2. The zero-order valence-corrected chi connectivity index (χ0v) is 14.2. The summed E-state index contributed by atoms with van der Waals surface area (Å²) < 4.78 is 0. The molecule has 1 fully saturated rings. The first kappa shape index (κ1) is 16.2. The second-order valence-electron chi connectivity index (χ2n) is 6.23. The molecule has 3 rings (SSSR count). The zero-order chi connectivity index (χ0) is 16.9. The second kappa shape index (κ2) is 7.30. The number of pyridine rings is 1. The van der Waals surface area contributed by atoms with Crippen LogP contribution < -0.4 is 10.2 Å². The minimum Gasteiger partial charge on any atom is -0.357 e. The monoisotopic (exact) mass is 321 g/mol. The third-order valence-electron chi connectivity index (χ3n) is 4.26. The van der Waals surface area contributed by atoms with E-state index in [1.807, 2.05) is 56.3 Å². The summed E-state index contributed by atoms with van der Waals surface area (Å²) >= 11 is 0. The fourth-order valence-corrected chi connectivity index (χ4v) is 2.83. The van der Waals surface area contributed by atoms with Crippen molar-refractivity contribution in [1.82, 2.24) is 4.98 Å². The molecule has 1 N–H and O–H groups in total. The van der Waals surface area contributed by atoms with E-state index < -0.39 is 0 Å². The molecule has 124 valence electrons. The van der Waals surface area contributed by atoms with E-state index in [1.165, 1.54) is 18.4 Å². The number of nitrogens with one attached hydrogen (secondary N) is 1. The lowest BCUT2D eigenvalue weighted by atomic mass is 10.1. The Kier molecular flexibility index (Phi) is 4.94. The Morgan fingerprint density at radius 2 is 1.79 bits per heavy atom. The predicted molar refractivity (Wildman–Crippen MR) is 99.3 cm³/mol. The van der Waals surface area contributed by atoms with Crippen molar-refractivity contribution in [2.75, 3.05) is 23.3 Å². The van der Waals surface area contributed by atoms with E-state index in [4.69, 9.17) is 0 Å². The van der Waals surface area contributed by atoms with Crippen LogP contribution in [-0.4, -0.2) is 24.0 Å². The molecule has 1 aromatic heterocycles. The maximum Gasteiger partial charge on any atom is 0.248 e. The molecule has 4 heteroatoms. The second-order valence-corrected chi connectivity index (χ2v) is 6.23. The minimum atomic E-state index is -0.144. The maximum absolute atomic E-state index is 12.1. The molecule has 0 radical (unpaired) electrons. The van der Waals surface area contributed by atoms with E-state index in [0.29, 0.717) is 0 Å². The van der Waals surface area contributed by atoms with Crippen LogP contribution in [0.1, 0.15) is 29.7 Å². The van der Waals surface area contributed by atoms with E-state index in [9.17, 15) is 4.79 Å². The van der Waals surface area contributed by atoms with Crippen molar-refractivity contribution in [3.63, 3.8) is 0 Å². The van der Waals surface area contributed by atoms with Gasteiger partial charge in [-0.05, 0) is 50.5 Å². The van der Waals surface area contributed by atoms with Crippen LogP contribution in [0.5, 0.6) is 0 Å². The van der Waals surface area contributed by atoms with Gasteiger partial charge in [0.2, 0.25) is 5.91 Å². The van der Waals surface area contributed by atoms with Crippen LogP contribution in [0.2, 0.25) is 0 Å². The number of hydrogen-bond donors (Lipinski definition) is 1. The third kappa shape index (κ3) is 4.02. The van der Waals surface area contributed by atoms with Gasteiger partial charge in [0.25, 0.3) is 0 Å². The number of nitrogens with zero attached hydrogens (tertiary/aromatic N) is 2. The summed E-state index contributed by atoms with van der Waals surface area (Å²) in [4.78, 5) is 19.0. The molecule has 0 atom stereocenters. The molecule has 24 heavy (non-hydrogen) atoms. The van der Waals surface area contributed by atoms with Crippen LogP contribution in [-0.2, 0) is 4.79 Å². The number of aryl methyl sites for hydroxylation is 2. The summed E-state index contributed by atoms with van der Waals surface area (Å²) in [5.41, 5.74) is 3.82. The standard InChI is InChI=1S/C20H23N3O/c1-15-5-7-17(8-6-15)9-12-20(24)22-18-10-11-19(21-16(18)2)23-13-3-4-14-23/h5-12H,3-4,13-14H2,1-2H3,(H,22,24)/b12-9+. The molecule has 2 heterocycles. The van der Waals surface area contributed by atoms with E-state index in [0.717, 1.165) is 35.9 Å². The van der Waals surface area contributed by atoms with Gasteiger partial charge in [0.1, 0.15) is 5.82 Å². The Balaban J connectivity index is 1.64. The molecule has 1 aliphatic heterocycles. The zero-order valence-electron chi connectivity index (χ0n) is 14.2. The topological polar surface area (TPSA) is 45.2 Å². The first-order chi connectivity index (χ1) is 11.6. The molecule has 1 saturated heterocycles. The Morgan fingerprint density at radius 1 is 1.08 bits per heavy atom. The van der Waals surface area contributed by atoms with Gasteiger partial charge in [-0.3, -0.25) is 4.79 Å². The molecular formula is C20H23N3O. The van der Waals surface area contributed by atoms with Gasteiger partial charge in [-0.2, -0.15) is 0 Å². The Morgan fingerprint density at radius 3 is 2.46 bits per heavy atom. The number of carbonyl (C=O) groups is 1. The molecule has 2 aromatic rings. The Labute approximate surface area is 143 Å². The van der Waals surface area contributed by atoms with E-state index in [-0.39, 0.29) is 5.91 Å². The fourth-order valence-electron chi connectivity index (χ4n) is 2.83. The SMILES string of the molecule is Cc1ccc(/C=C/C(=O)Nc2ccc(N3CCCC3)nc2C)cc1. The predicted octanol–water partition coefficient (Wildman–Crippen LogP) is 3.95. The highest BCUT2D eigenvalue weighted by molar-refractivity contribution is 6.02. The highest BCUT2D eigenvalue weighted by Crippen LogP contribution is 2.22. The molecule has 0 unspecified atom stereocenters. The van der Waals surface area contributed by atoms with Crippen LogP contribution in [0.15, 0.2) is 42.5 Å². The van der Waals surface area contributed by atoms with Crippen molar-refractivity contribution in [3.8, 4) is 0 Å². The van der Waals surface area contributed by atoms with Crippen molar-refractivity contribution in [2.24, 2.45) is 0 Å². The first-order valence-corrected chi connectivity index (χ1v) is 8.40. The van der Waals surface area contributed by atoms with Gasteiger partial charge >= 0.3 is 0 Å². The normalized spacial score (nSPS) is 14.3. The molecule has 1 aliphatic rings. The summed E-state index contributed by atoms with van der Waals surface area (Å²) in [5, 5.41) is 2.90. The van der Waals surface area contributed by atoms with Gasteiger partial charge < -0.3 is 10.2 Å². The van der Waals surface area contributed by atoms with E-state index in [1.54, 1.807) is 6.08 Å². The molecular weight excluding hydrogens is 298 g/mol. The molecule has 4 nitrogen and oxygen atoms in total. The van der Waals surface area contributed by atoms with Crippen molar-refractivity contribution in [2.45, 2.75) is 26.7 Å². The number of hydrogen-bond acceptors (Lipinski definition) is 3. The van der Waals surface area contributed by atoms with Crippen LogP contribution in [0, 0.1) is 13.8 Å². The minimum absolute atomic E-state index is 0.144. The fraction of sp³-hybridized carbons (Fsp3) is 0.300. The van der Waals surface area contributed by atoms with Crippen molar-refractivity contribution in [1.29, 1.82) is 0 Å². The summed E-state index contributed by atoms with van der Waals surface area (Å²) in [6.07, 6.45) is 5.82. The summed E-state index contributed by atoms with van der Waals surface area (Å²) in [5.74, 6) is 0.854. The van der Waals surface area contributed by atoms with E-state index in [2.05, 4.69) is 15.2 Å². The number of rotatable bonds is 4. The summed E-state index contributed by atoms with van der Waals surface area (Å²) in [6.45, 7) is 6.11. The summed E-state index contributed by atoms with van der Waals surface area (Å²) in [6, 6.07) is 12.0. The van der Waals surface area contributed by atoms with Gasteiger partial charge in [0, 0.05) is 19.2 Å². The number of benzene rings is 1. The van der Waals surface area contributed by atoms with Gasteiger partial charge in [0.05, 0.1) is 11.4 Å². The van der Waals surface area contributed by atoms with Gasteiger partial charge in [0.15, 0.2) is 0 Å². The van der Waals surface area contributed by atoms with Gasteiger partial charge in [-0.25, -0.2) is 4.98 Å². The Bertz CT molecular complexity index is 744. The average molecular weight is 321 g/mol. The lowest BCUT2D eigenvalue weighted by Crippen LogP contribution is -2.19. The lowest BCUT2D eigenvalue weighted by molar-refractivity contribution is -0.111. The molecule has 0 bridgehead atoms. The van der Waals surface area contributed by atoms with Crippen molar-refractivity contribution >= 4 is 23.5 Å². The third-order valence-corrected chi connectivity index (χ3v) is 4.26. The molecule has 0 spiro atoms. The highest BCUT2D eigenvalue weighted by atomic mass is 16.1.